The molecule has 122 valence electrons. The fourth-order valence-electron chi connectivity index (χ4n) is 2.38. The number of benzene rings is 2. The smallest absolute Gasteiger partial charge is 0.135 e. The molecule has 1 heterocycles. The van der Waals surface area contributed by atoms with Crippen molar-refractivity contribution in [2.24, 2.45) is 0 Å². The van der Waals surface area contributed by atoms with E-state index >= 15 is 0 Å². The maximum atomic E-state index is 5.90. The lowest BCUT2D eigenvalue weighted by atomic mass is 10.1. The van der Waals surface area contributed by atoms with Gasteiger partial charge in [-0.15, -0.1) is 0 Å². The lowest BCUT2D eigenvalue weighted by Gasteiger charge is -2.09. The van der Waals surface area contributed by atoms with E-state index in [1.54, 1.807) is 6.33 Å². The second-order valence-corrected chi connectivity index (χ2v) is 6.02. The van der Waals surface area contributed by atoms with Crippen molar-refractivity contribution >= 4 is 28.9 Å². The first-order valence-electron chi connectivity index (χ1n) is 7.83. The SMILES string of the molecule is Cc1cccc(Nc2cc(NCCc3ccc(Cl)cc3)ncn2)c1. The Balaban J connectivity index is 1.57. The highest BCUT2D eigenvalue weighted by Gasteiger charge is 2.00. The summed E-state index contributed by atoms with van der Waals surface area (Å²) in [5, 5.41) is 7.37. The van der Waals surface area contributed by atoms with Crippen LogP contribution in [0, 0.1) is 6.92 Å². The molecule has 0 radical (unpaired) electrons. The molecule has 24 heavy (non-hydrogen) atoms. The van der Waals surface area contributed by atoms with E-state index in [0.717, 1.165) is 35.3 Å². The van der Waals surface area contributed by atoms with E-state index < -0.39 is 0 Å². The third-order valence-corrected chi connectivity index (χ3v) is 3.84. The summed E-state index contributed by atoms with van der Waals surface area (Å²) in [5.74, 6) is 1.57. The minimum absolute atomic E-state index is 0.759. The van der Waals surface area contributed by atoms with Gasteiger partial charge in [0.05, 0.1) is 0 Å². The van der Waals surface area contributed by atoms with Gasteiger partial charge >= 0.3 is 0 Å². The highest BCUT2D eigenvalue weighted by Crippen LogP contribution is 2.17. The highest BCUT2D eigenvalue weighted by atomic mass is 35.5. The number of aryl methyl sites for hydroxylation is 1. The van der Waals surface area contributed by atoms with Crippen LogP contribution >= 0.6 is 11.6 Å². The van der Waals surface area contributed by atoms with Crippen molar-refractivity contribution in [1.29, 1.82) is 0 Å². The number of aromatic nitrogens is 2. The quantitative estimate of drug-likeness (QED) is 0.675. The number of hydrogen-bond acceptors (Lipinski definition) is 4. The first kappa shape index (κ1) is 16.3. The predicted octanol–water partition coefficient (Wildman–Crippen LogP) is 4.84. The van der Waals surface area contributed by atoms with Crippen LogP contribution in [0.4, 0.5) is 17.3 Å². The van der Waals surface area contributed by atoms with Crippen LogP contribution in [-0.2, 0) is 6.42 Å². The number of hydrogen-bond donors (Lipinski definition) is 2. The second-order valence-electron chi connectivity index (χ2n) is 5.59. The van der Waals surface area contributed by atoms with E-state index in [2.05, 4.69) is 39.7 Å². The van der Waals surface area contributed by atoms with Crippen LogP contribution in [0.15, 0.2) is 60.9 Å². The summed E-state index contributed by atoms with van der Waals surface area (Å²) >= 11 is 5.90. The lowest BCUT2D eigenvalue weighted by Crippen LogP contribution is -2.07. The molecule has 0 saturated heterocycles. The molecule has 2 aromatic carbocycles. The molecule has 0 amide bonds. The number of halogens is 1. The number of rotatable bonds is 6. The van der Waals surface area contributed by atoms with E-state index in [-0.39, 0.29) is 0 Å². The van der Waals surface area contributed by atoms with Gasteiger partial charge in [0.2, 0.25) is 0 Å². The Hall–Kier alpha value is -2.59. The van der Waals surface area contributed by atoms with Crippen molar-refractivity contribution in [1.82, 2.24) is 9.97 Å². The zero-order valence-electron chi connectivity index (χ0n) is 13.5. The van der Waals surface area contributed by atoms with Gasteiger partial charge in [-0.2, -0.15) is 0 Å². The van der Waals surface area contributed by atoms with Crippen molar-refractivity contribution in [2.45, 2.75) is 13.3 Å². The van der Waals surface area contributed by atoms with Crippen LogP contribution in [0.2, 0.25) is 5.02 Å². The van der Waals surface area contributed by atoms with Crippen LogP contribution in [-0.4, -0.2) is 16.5 Å². The van der Waals surface area contributed by atoms with Gasteiger partial charge in [-0.3, -0.25) is 0 Å². The molecule has 0 fully saturated rings. The Morgan fingerprint density at radius 2 is 1.75 bits per heavy atom. The van der Waals surface area contributed by atoms with E-state index in [1.165, 1.54) is 11.1 Å². The maximum absolute atomic E-state index is 5.90. The topological polar surface area (TPSA) is 49.8 Å². The first-order valence-corrected chi connectivity index (χ1v) is 8.21. The third-order valence-electron chi connectivity index (χ3n) is 3.59. The zero-order chi connectivity index (χ0) is 16.8. The molecule has 3 aromatic rings. The molecule has 5 heteroatoms. The minimum Gasteiger partial charge on any atom is -0.370 e. The second kappa shape index (κ2) is 7.79. The summed E-state index contributed by atoms with van der Waals surface area (Å²) in [5.41, 5.74) is 3.45. The maximum Gasteiger partial charge on any atom is 0.135 e. The van der Waals surface area contributed by atoms with Gasteiger partial charge in [-0.25, -0.2) is 9.97 Å². The molecule has 0 spiro atoms. The molecule has 0 saturated carbocycles. The Bertz CT molecular complexity index is 802. The van der Waals surface area contributed by atoms with E-state index in [1.807, 2.05) is 42.5 Å². The molecule has 0 bridgehead atoms. The summed E-state index contributed by atoms with van der Waals surface area (Å²) in [6.07, 6.45) is 2.46. The summed E-state index contributed by atoms with van der Waals surface area (Å²) < 4.78 is 0. The van der Waals surface area contributed by atoms with Crippen molar-refractivity contribution in [3.05, 3.63) is 77.1 Å². The molecule has 0 aliphatic heterocycles. The van der Waals surface area contributed by atoms with Crippen LogP contribution < -0.4 is 10.6 Å². The number of anilines is 3. The van der Waals surface area contributed by atoms with Gasteiger partial charge in [-0.1, -0.05) is 35.9 Å². The van der Waals surface area contributed by atoms with Gasteiger partial charge < -0.3 is 10.6 Å². The normalized spacial score (nSPS) is 10.4. The molecular weight excluding hydrogens is 320 g/mol. The lowest BCUT2D eigenvalue weighted by molar-refractivity contribution is 1.000. The van der Waals surface area contributed by atoms with Crippen molar-refractivity contribution in [3.8, 4) is 0 Å². The van der Waals surface area contributed by atoms with Gasteiger partial charge in [0.1, 0.15) is 18.0 Å². The van der Waals surface area contributed by atoms with E-state index in [0.29, 0.717) is 0 Å². The van der Waals surface area contributed by atoms with Crippen LogP contribution in [0.5, 0.6) is 0 Å². The van der Waals surface area contributed by atoms with Crippen LogP contribution in [0.1, 0.15) is 11.1 Å². The fraction of sp³-hybridized carbons (Fsp3) is 0.158. The zero-order valence-corrected chi connectivity index (χ0v) is 14.2. The predicted molar refractivity (Wildman–Crippen MR) is 100 cm³/mol. The van der Waals surface area contributed by atoms with Crippen molar-refractivity contribution < 1.29 is 0 Å². The summed E-state index contributed by atoms with van der Waals surface area (Å²) in [6.45, 7) is 2.86. The number of nitrogens with one attached hydrogen (secondary N) is 2. The molecule has 2 N–H and O–H groups in total. The molecule has 0 atom stereocenters. The van der Waals surface area contributed by atoms with Crippen molar-refractivity contribution in [3.63, 3.8) is 0 Å². The minimum atomic E-state index is 0.759. The molecule has 0 aliphatic rings. The Kier molecular flexibility index (Phi) is 5.29. The Morgan fingerprint density at radius 1 is 0.958 bits per heavy atom. The van der Waals surface area contributed by atoms with Crippen LogP contribution in [0.25, 0.3) is 0 Å². The summed E-state index contributed by atoms with van der Waals surface area (Å²) in [7, 11) is 0. The van der Waals surface area contributed by atoms with Crippen LogP contribution in [0.3, 0.4) is 0 Å². The molecule has 0 aliphatic carbocycles. The standard InChI is InChI=1S/C19H19ClN4/c1-14-3-2-4-17(11-14)24-19-12-18(22-13-23-19)21-10-9-15-5-7-16(20)8-6-15/h2-8,11-13H,9-10H2,1H3,(H2,21,22,23,24). The average Bonchev–Trinajstić information content (AvgIpc) is 2.57. The monoisotopic (exact) mass is 338 g/mol. The first-order chi connectivity index (χ1) is 11.7. The van der Waals surface area contributed by atoms with E-state index in [4.69, 9.17) is 11.6 Å². The van der Waals surface area contributed by atoms with E-state index in [9.17, 15) is 0 Å². The fourth-order valence-corrected chi connectivity index (χ4v) is 2.51. The Morgan fingerprint density at radius 3 is 2.54 bits per heavy atom. The van der Waals surface area contributed by atoms with Gasteiger partial charge in [0.15, 0.2) is 0 Å². The number of nitrogens with zero attached hydrogens (tertiary/aromatic N) is 2. The van der Waals surface area contributed by atoms with Gasteiger partial charge in [-0.05, 0) is 48.7 Å². The summed E-state index contributed by atoms with van der Waals surface area (Å²) in [6, 6.07) is 18.0. The molecule has 3 rings (SSSR count). The average molecular weight is 339 g/mol. The largest absolute Gasteiger partial charge is 0.370 e. The van der Waals surface area contributed by atoms with Crippen molar-refractivity contribution in [2.75, 3.05) is 17.2 Å². The van der Waals surface area contributed by atoms with Gasteiger partial charge in [0.25, 0.3) is 0 Å². The highest BCUT2D eigenvalue weighted by molar-refractivity contribution is 6.30. The molecule has 4 nitrogen and oxygen atoms in total. The third kappa shape index (κ3) is 4.70. The Labute approximate surface area is 146 Å². The molecular formula is C19H19ClN4. The molecule has 0 unspecified atom stereocenters. The molecule has 1 aromatic heterocycles. The summed E-state index contributed by atoms with van der Waals surface area (Å²) in [4.78, 5) is 8.52. The van der Waals surface area contributed by atoms with Gasteiger partial charge in [0, 0.05) is 23.3 Å².